The number of rotatable bonds is 6. The van der Waals surface area contributed by atoms with Crippen LogP contribution in [-0.2, 0) is 0 Å². The highest BCUT2D eigenvalue weighted by Crippen LogP contribution is 2.16. The number of benzene rings is 1. The number of nitrogens with zero attached hydrogens (tertiary/aromatic N) is 3. The number of nitriles is 1. The van der Waals surface area contributed by atoms with Gasteiger partial charge in [0.1, 0.15) is 17.4 Å². The predicted molar refractivity (Wildman–Crippen MR) is 88.1 cm³/mol. The van der Waals surface area contributed by atoms with E-state index < -0.39 is 11.7 Å². The first-order valence-corrected chi connectivity index (χ1v) is 7.55. The number of anilines is 1. The van der Waals surface area contributed by atoms with Gasteiger partial charge in [0.05, 0.1) is 11.3 Å². The SMILES string of the molecule is Cc1nnc(NCCCNC(=O)c2ccccc2F)c(C#N)c1C. The van der Waals surface area contributed by atoms with Crippen LogP contribution in [0.5, 0.6) is 0 Å². The zero-order valence-electron chi connectivity index (χ0n) is 13.6. The Morgan fingerprint density at radius 3 is 2.71 bits per heavy atom. The summed E-state index contributed by atoms with van der Waals surface area (Å²) in [7, 11) is 0. The van der Waals surface area contributed by atoms with E-state index in [2.05, 4.69) is 26.9 Å². The fourth-order valence-electron chi connectivity index (χ4n) is 2.11. The molecule has 6 nitrogen and oxygen atoms in total. The molecular formula is C17H18FN5O. The molecule has 0 saturated heterocycles. The molecule has 0 aliphatic heterocycles. The van der Waals surface area contributed by atoms with Gasteiger partial charge < -0.3 is 10.6 Å². The molecule has 1 amide bonds. The van der Waals surface area contributed by atoms with E-state index in [1.165, 1.54) is 18.2 Å². The van der Waals surface area contributed by atoms with Crippen molar-refractivity contribution in [1.29, 1.82) is 5.26 Å². The van der Waals surface area contributed by atoms with Crippen molar-refractivity contribution in [3.63, 3.8) is 0 Å². The molecule has 1 aromatic carbocycles. The lowest BCUT2D eigenvalue weighted by molar-refractivity contribution is 0.0949. The Hall–Kier alpha value is -3.01. The molecule has 2 N–H and O–H groups in total. The van der Waals surface area contributed by atoms with Crippen LogP contribution >= 0.6 is 0 Å². The van der Waals surface area contributed by atoms with Crippen molar-refractivity contribution in [3.05, 3.63) is 52.5 Å². The van der Waals surface area contributed by atoms with E-state index in [9.17, 15) is 14.4 Å². The fourth-order valence-corrected chi connectivity index (χ4v) is 2.11. The third-order valence-corrected chi connectivity index (χ3v) is 3.62. The molecule has 0 bridgehead atoms. The zero-order chi connectivity index (χ0) is 17.5. The van der Waals surface area contributed by atoms with Crippen LogP contribution in [0, 0.1) is 31.0 Å². The van der Waals surface area contributed by atoms with Crippen LogP contribution in [0.1, 0.15) is 33.6 Å². The van der Waals surface area contributed by atoms with Gasteiger partial charge in [0.15, 0.2) is 5.82 Å². The predicted octanol–water partition coefficient (Wildman–Crippen LogP) is 2.34. The third-order valence-electron chi connectivity index (χ3n) is 3.62. The summed E-state index contributed by atoms with van der Waals surface area (Å²) in [5, 5.41) is 22.9. The largest absolute Gasteiger partial charge is 0.367 e. The molecule has 2 aromatic rings. The molecule has 0 unspecified atom stereocenters. The monoisotopic (exact) mass is 327 g/mol. The van der Waals surface area contributed by atoms with Crippen LogP contribution in [-0.4, -0.2) is 29.2 Å². The van der Waals surface area contributed by atoms with Gasteiger partial charge in [-0.3, -0.25) is 4.79 Å². The molecule has 2 rings (SSSR count). The Morgan fingerprint density at radius 1 is 1.25 bits per heavy atom. The van der Waals surface area contributed by atoms with Gasteiger partial charge in [0.2, 0.25) is 0 Å². The number of amides is 1. The summed E-state index contributed by atoms with van der Waals surface area (Å²) in [6, 6.07) is 7.95. The van der Waals surface area contributed by atoms with Gasteiger partial charge in [-0.25, -0.2) is 4.39 Å². The Labute approximate surface area is 139 Å². The van der Waals surface area contributed by atoms with E-state index in [-0.39, 0.29) is 5.56 Å². The normalized spacial score (nSPS) is 10.1. The maximum absolute atomic E-state index is 13.5. The highest BCUT2D eigenvalue weighted by molar-refractivity contribution is 5.94. The number of aryl methyl sites for hydroxylation is 1. The molecule has 124 valence electrons. The summed E-state index contributed by atoms with van der Waals surface area (Å²) in [5.41, 5.74) is 2.01. The van der Waals surface area contributed by atoms with Gasteiger partial charge in [-0.2, -0.15) is 10.4 Å². The first-order chi connectivity index (χ1) is 11.5. The van der Waals surface area contributed by atoms with Crippen molar-refractivity contribution in [2.45, 2.75) is 20.3 Å². The summed E-state index contributed by atoms with van der Waals surface area (Å²) < 4.78 is 13.5. The summed E-state index contributed by atoms with van der Waals surface area (Å²) >= 11 is 0. The molecule has 1 heterocycles. The first-order valence-electron chi connectivity index (χ1n) is 7.55. The third kappa shape index (κ3) is 4.04. The highest BCUT2D eigenvalue weighted by Gasteiger charge is 2.11. The van der Waals surface area contributed by atoms with Crippen molar-refractivity contribution < 1.29 is 9.18 Å². The lowest BCUT2D eigenvalue weighted by Crippen LogP contribution is -2.26. The summed E-state index contributed by atoms with van der Waals surface area (Å²) in [6.07, 6.45) is 0.597. The molecular weight excluding hydrogens is 309 g/mol. The van der Waals surface area contributed by atoms with Crippen LogP contribution < -0.4 is 10.6 Å². The van der Waals surface area contributed by atoms with E-state index in [1.54, 1.807) is 13.0 Å². The molecule has 0 radical (unpaired) electrons. The molecule has 0 saturated carbocycles. The van der Waals surface area contributed by atoms with Crippen molar-refractivity contribution in [2.24, 2.45) is 0 Å². The second-order valence-corrected chi connectivity index (χ2v) is 5.26. The Morgan fingerprint density at radius 2 is 2.00 bits per heavy atom. The molecule has 0 aliphatic rings. The minimum absolute atomic E-state index is 0.0252. The van der Waals surface area contributed by atoms with Crippen molar-refractivity contribution in [2.75, 3.05) is 18.4 Å². The minimum Gasteiger partial charge on any atom is -0.367 e. The van der Waals surface area contributed by atoms with E-state index >= 15 is 0 Å². The van der Waals surface area contributed by atoms with Crippen molar-refractivity contribution in [1.82, 2.24) is 15.5 Å². The Kier molecular flexibility index (Phi) is 5.79. The van der Waals surface area contributed by atoms with Crippen LogP contribution in [0.15, 0.2) is 24.3 Å². The van der Waals surface area contributed by atoms with Gasteiger partial charge in [0, 0.05) is 13.1 Å². The lowest BCUT2D eigenvalue weighted by Gasteiger charge is -2.10. The molecule has 7 heteroatoms. The molecule has 0 atom stereocenters. The number of hydrogen-bond acceptors (Lipinski definition) is 5. The molecule has 1 aromatic heterocycles. The summed E-state index contributed by atoms with van der Waals surface area (Å²) in [6.45, 7) is 4.50. The number of carbonyl (C=O) groups excluding carboxylic acids is 1. The van der Waals surface area contributed by atoms with Gasteiger partial charge in [-0.15, -0.1) is 5.10 Å². The maximum atomic E-state index is 13.5. The number of halogens is 1. The minimum atomic E-state index is -0.544. The van der Waals surface area contributed by atoms with E-state index in [1.807, 2.05) is 6.92 Å². The number of carbonyl (C=O) groups is 1. The van der Waals surface area contributed by atoms with Crippen LogP contribution in [0.25, 0.3) is 0 Å². The highest BCUT2D eigenvalue weighted by atomic mass is 19.1. The van der Waals surface area contributed by atoms with Gasteiger partial charge >= 0.3 is 0 Å². The second kappa shape index (κ2) is 8.02. The van der Waals surface area contributed by atoms with Gasteiger partial charge in [-0.1, -0.05) is 12.1 Å². The summed E-state index contributed by atoms with van der Waals surface area (Å²) in [4.78, 5) is 11.8. The number of nitrogens with one attached hydrogen (secondary N) is 2. The fraction of sp³-hybridized carbons (Fsp3) is 0.294. The van der Waals surface area contributed by atoms with Crippen LogP contribution in [0.2, 0.25) is 0 Å². The van der Waals surface area contributed by atoms with Crippen molar-refractivity contribution >= 4 is 11.7 Å². The molecule has 0 spiro atoms. The quantitative estimate of drug-likeness (QED) is 0.795. The van der Waals surface area contributed by atoms with E-state index in [0.29, 0.717) is 36.6 Å². The number of aromatic nitrogens is 2. The Balaban J connectivity index is 1.82. The lowest BCUT2D eigenvalue weighted by atomic mass is 10.1. The standard InChI is InChI=1S/C17H18FN5O/c1-11-12(2)22-23-16(14(11)10-19)20-8-5-9-21-17(24)13-6-3-4-7-15(13)18/h3-4,6-7H,5,8-9H2,1-2H3,(H,20,23)(H,21,24). The summed E-state index contributed by atoms with van der Waals surface area (Å²) in [5.74, 6) is -0.560. The van der Waals surface area contributed by atoms with Gasteiger partial charge in [0.25, 0.3) is 5.91 Å². The average Bonchev–Trinajstić information content (AvgIpc) is 2.58. The second-order valence-electron chi connectivity index (χ2n) is 5.26. The average molecular weight is 327 g/mol. The van der Waals surface area contributed by atoms with Crippen molar-refractivity contribution in [3.8, 4) is 6.07 Å². The number of hydrogen-bond donors (Lipinski definition) is 2. The molecule has 0 aliphatic carbocycles. The first kappa shape index (κ1) is 17.3. The Bertz CT molecular complexity index is 785. The smallest absolute Gasteiger partial charge is 0.254 e. The van der Waals surface area contributed by atoms with Crippen LogP contribution in [0.3, 0.4) is 0 Å². The van der Waals surface area contributed by atoms with E-state index in [0.717, 1.165) is 5.56 Å². The zero-order valence-corrected chi connectivity index (χ0v) is 13.6. The van der Waals surface area contributed by atoms with Gasteiger partial charge in [-0.05, 0) is 38.0 Å². The molecule has 24 heavy (non-hydrogen) atoms. The van der Waals surface area contributed by atoms with E-state index in [4.69, 9.17) is 0 Å². The molecule has 0 fully saturated rings. The topological polar surface area (TPSA) is 90.7 Å². The maximum Gasteiger partial charge on any atom is 0.254 e. The van der Waals surface area contributed by atoms with Crippen LogP contribution in [0.4, 0.5) is 10.2 Å².